The molecule has 1 unspecified atom stereocenters. The fourth-order valence-electron chi connectivity index (χ4n) is 2.83. The summed E-state index contributed by atoms with van der Waals surface area (Å²) in [5.74, 6) is 1.02. The number of hydrogen-bond donors (Lipinski definition) is 1. The van der Waals surface area contributed by atoms with Gasteiger partial charge in [0, 0.05) is 18.3 Å². The van der Waals surface area contributed by atoms with Crippen molar-refractivity contribution in [3.8, 4) is 11.5 Å². The number of fused-ring (bicyclic) bond motifs is 1. The third-order valence-electron chi connectivity index (χ3n) is 4.44. The summed E-state index contributed by atoms with van der Waals surface area (Å²) < 4.78 is 11.2. The van der Waals surface area contributed by atoms with Gasteiger partial charge in [0.15, 0.2) is 6.10 Å². The standard InChI is InChI=1S/C21H24N2O4/c1-4-5-12-26-17-9-6-15(7-10-17)20(24)22-16-8-11-19-18(13-16)23(3)21(25)14(2)27-19/h6-11,13-14H,4-5,12H2,1-3H3,(H,22,24). The molecule has 0 radical (unpaired) electrons. The van der Waals surface area contributed by atoms with Gasteiger partial charge in [-0.05, 0) is 55.8 Å². The second-order valence-corrected chi connectivity index (χ2v) is 6.52. The number of likely N-dealkylation sites (N-methyl/N-ethyl adjacent to an activating group) is 1. The van der Waals surface area contributed by atoms with E-state index in [0.717, 1.165) is 18.6 Å². The molecule has 0 spiro atoms. The lowest BCUT2D eigenvalue weighted by molar-refractivity contribution is -0.125. The monoisotopic (exact) mass is 368 g/mol. The molecule has 6 heteroatoms. The van der Waals surface area contributed by atoms with Gasteiger partial charge in [0.25, 0.3) is 11.8 Å². The van der Waals surface area contributed by atoms with E-state index in [2.05, 4.69) is 12.2 Å². The summed E-state index contributed by atoms with van der Waals surface area (Å²) in [6.45, 7) is 4.50. The molecule has 1 heterocycles. The molecule has 0 bridgehead atoms. The highest BCUT2D eigenvalue weighted by Crippen LogP contribution is 2.35. The van der Waals surface area contributed by atoms with Crippen LogP contribution >= 0.6 is 0 Å². The molecule has 6 nitrogen and oxygen atoms in total. The molecule has 3 rings (SSSR count). The topological polar surface area (TPSA) is 67.9 Å². The minimum absolute atomic E-state index is 0.121. The number of benzene rings is 2. The summed E-state index contributed by atoms with van der Waals surface area (Å²) in [5, 5.41) is 2.85. The van der Waals surface area contributed by atoms with Gasteiger partial charge in [0.1, 0.15) is 11.5 Å². The lowest BCUT2D eigenvalue weighted by Gasteiger charge is -2.30. The minimum atomic E-state index is -0.513. The molecule has 0 aliphatic carbocycles. The van der Waals surface area contributed by atoms with E-state index in [-0.39, 0.29) is 11.8 Å². The summed E-state index contributed by atoms with van der Waals surface area (Å²) in [6, 6.07) is 12.3. The molecule has 1 N–H and O–H groups in total. The van der Waals surface area contributed by atoms with Crippen LogP contribution in [0.15, 0.2) is 42.5 Å². The number of unbranched alkanes of at least 4 members (excludes halogenated alkanes) is 1. The van der Waals surface area contributed by atoms with E-state index in [9.17, 15) is 9.59 Å². The van der Waals surface area contributed by atoms with Crippen LogP contribution in [-0.4, -0.2) is 31.6 Å². The second kappa shape index (κ2) is 8.12. The number of anilines is 2. The normalized spacial score (nSPS) is 15.7. The van der Waals surface area contributed by atoms with Crippen LogP contribution in [0.3, 0.4) is 0 Å². The predicted octanol–water partition coefficient (Wildman–Crippen LogP) is 3.86. The van der Waals surface area contributed by atoms with Crippen molar-refractivity contribution in [3.05, 3.63) is 48.0 Å². The van der Waals surface area contributed by atoms with E-state index in [1.807, 2.05) is 0 Å². The number of ether oxygens (including phenoxy) is 2. The van der Waals surface area contributed by atoms with E-state index in [1.54, 1.807) is 61.3 Å². The smallest absolute Gasteiger partial charge is 0.267 e. The van der Waals surface area contributed by atoms with Crippen LogP contribution in [0, 0.1) is 0 Å². The van der Waals surface area contributed by atoms with Crippen molar-refractivity contribution in [2.75, 3.05) is 23.9 Å². The van der Waals surface area contributed by atoms with Gasteiger partial charge in [-0.2, -0.15) is 0 Å². The number of rotatable bonds is 6. The molecule has 0 saturated carbocycles. The molecule has 142 valence electrons. The number of nitrogens with zero attached hydrogens (tertiary/aromatic N) is 1. The molecular weight excluding hydrogens is 344 g/mol. The van der Waals surface area contributed by atoms with Crippen LogP contribution in [0.2, 0.25) is 0 Å². The lowest BCUT2D eigenvalue weighted by Crippen LogP contribution is -2.41. The molecule has 0 aromatic heterocycles. The molecule has 1 aliphatic heterocycles. The molecule has 1 aliphatic rings. The van der Waals surface area contributed by atoms with Crippen LogP contribution in [0.25, 0.3) is 0 Å². The number of nitrogens with one attached hydrogen (secondary N) is 1. The van der Waals surface area contributed by atoms with Crippen LogP contribution in [-0.2, 0) is 4.79 Å². The van der Waals surface area contributed by atoms with Gasteiger partial charge in [-0.3, -0.25) is 9.59 Å². The van der Waals surface area contributed by atoms with E-state index < -0.39 is 6.10 Å². The van der Waals surface area contributed by atoms with Crippen LogP contribution in [0.4, 0.5) is 11.4 Å². The molecule has 1 atom stereocenters. The average molecular weight is 368 g/mol. The Morgan fingerprint density at radius 1 is 1.22 bits per heavy atom. The molecule has 2 aromatic carbocycles. The zero-order chi connectivity index (χ0) is 19.4. The summed E-state index contributed by atoms with van der Waals surface area (Å²) in [5.41, 5.74) is 1.76. The fraction of sp³-hybridized carbons (Fsp3) is 0.333. The zero-order valence-corrected chi connectivity index (χ0v) is 15.8. The summed E-state index contributed by atoms with van der Waals surface area (Å²) >= 11 is 0. The third-order valence-corrected chi connectivity index (χ3v) is 4.44. The maximum atomic E-state index is 12.5. The van der Waals surface area contributed by atoms with Crippen LogP contribution < -0.4 is 19.7 Å². The van der Waals surface area contributed by atoms with Crippen molar-refractivity contribution in [3.63, 3.8) is 0 Å². The molecule has 0 saturated heterocycles. The second-order valence-electron chi connectivity index (χ2n) is 6.52. The van der Waals surface area contributed by atoms with Gasteiger partial charge in [0.05, 0.1) is 12.3 Å². The van der Waals surface area contributed by atoms with E-state index >= 15 is 0 Å². The maximum absolute atomic E-state index is 12.5. The van der Waals surface area contributed by atoms with Crippen LogP contribution in [0.5, 0.6) is 11.5 Å². The quantitative estimate of drug-likeness (QED) is 0.786. The Bertz CT molecular complexity index is 833. The zero-order valence-electron chi connectivity index (χ0n) is 15.8. The first-order chi connectivity index (χ1) is 13.0. The SMILES string of the molecule is CCCCOc1ccc(C(=O)Nc2ccc3c(c2)N(C)C(=O)C(C)O3)cc1. The van der Waals surface area contributed by atoms with E-state index in [1.165, 1.54) is 0 Å². The van der Waals surface area contributed by atoms with Gasteiger partial charge in [0.2, 0.25) is 0 Å². The fourth-order valence-corrected chi connectivity index (χ4v) is 2.83. The van der Waals surface area contributed by atoms with Gasteiger partial charge < -0.3 is 19.7 Å². The molecule has 2 amide bonds. The Balaban J connectivity index is 1.69. The number of amides is 2. The van der Waals surface area contributed by atoms with E-state index in [4.69, 9.17) is 9.47 Å². The Kier molecular flexibility index (Phi) is 5.64. The summed E-state index contributed by atoms with van der Waals surface area (Å²) in [4.78, 5) is 26.1. The highest BCUT2D eigenvalue weighted by atomic mass is 16.5. The van der Waals surface area contributed by atoms with Gasteiger partial charge in [-0.25, -0.2) is 0 Å². The largest absolute Gasteiger partial charge is 0.494 e. The first-order valence-corrected chi connectivity index (χ1v) is 9.12. The first-order valence-electron chi connectivity index (χ1n) is 9.12. The Morgan fingerprint density at radius 2 is 1.96 bits per heavy atom. The van der Waals surface area contributed by atoms with Crippen molar-refractivity contribution < 1.29 is 19.1 Å². The number of carbonyl (C=O) groups is 2. The van der Waals surface area contributed by atoms with Crippen molar-refractivity contribution >= 4 is 23.2 Å². The Labute approximate surface area is 159 Å². The number of carbonyl (C=O) groups excluding carboxylic acids is 2. The third kappa shape index (κ3) is 4.22. The maximum Gasteiger partial charge on any atom is 0.267 e. The first kappa shape index (κ1) is 18.8. The minimum Gasteiger partial charge on any atom is -0.494 e. The Morgan fingerprint density at radius 3 is 2.67 bits per heavy atom. The summed E-state index contributed by atoms with van der Waals surface area (Å²) in [6.07, 6.45) is 1.56. The molecule has 2 aromatic rings. The molecular formula is C21H24N2O4. The van der Waals surface area contributed by atoms with Gasteiger partial charge >= 0.3 is 0 Å². The van der Waals surface area contributed by atoms with Crippen molar-refractivity contribution in [2.45, 2.75) is 32.8 Å². The lowest BCUT2D eigenvalue weighted by atomic mass is 10.1. The molecule has 0 fully saturated rings. The highest BCUT2D eigenvalue weighted by Gasteiger charge is 2.29. The predicted molar refractivity (Wildman–Crippen MR) is 105 cm³/mol. The highest BCUT2D eigenvalue weighted by molar-refractivity contribution is 6.05. The van der Waals surface area contributed by atoms with E-state index in [0.29, 0.717) is 29.3 Å². The summed E-state index contributed by atoms with van der Waals surface area (Å²) in [7, 11) is 1.70. The van der Waals surface area contributed by atoms with Gasteiger partial charge in [-0.1, -0.05) is 13.3 Å². The van der Waals surface area contributed by atoms with Crippen molar-refractivity contribution in [1.29, 1.82) is 0 Å². The average Bonchev–Trinajstić information content (AvgIpc) is 2.67. The van der Waals surface area contributed by atoms with Gasteiger partial charge in [-0.15, -0.1) is 0 Å². The van der Waals surface area contributed by atoms with Crippen LogP contribution in [0.1, 0.15) is 37.0 Å². The Hall–Kier alpha value is -3.02. The van der Waals surface area contributed by atoms with Crippen molar-refractivity contribution in [1.82, 2.24) is 0 Å². The molecule has 27 heavy (non-hydrogen) atoms. The van der Waals surface area contributed by atoms with Crippen molar-refractivity contribution in [2.24, 2.45) is 0 Å². The number of hydrogen-bond acceptors (Lipinski definition) is 4.